The molecule has 32 heavy (non-hydrogen) atoms. The van der Waals surface area contributed by atoms with Gasteiger partial charge >= 0.3 is 0 Å². The predicted octanol–water partition coefficient (Wildman–Crippen LogP) is 2.93. The number of pyridine rings is 1. The number of nitrogens with zero attached hydrogens (tertiary/aromatic N) is 4. The van der Waals surface area contributed by atoms with Gasteiger partial charge < -0.3 is 30.2 Å². The van der Waals surface area contributed by atoms with Gasteiger partial charge in [0.15, 0.2) is 12.4 Å². The molecule has 0 saturated carbocycles. The van der Waals surface area contributed by atoms with Gasteiger partial charge in [-0.1, -0.05) is 11.6 Å². The second kappa shape index (κ2) is 8.05. The monoisotopic (exact) mass is 458 g/mol. The molecule has 4 atom stereocenters. The topological polar surface area (TPSA) is 120 Å². The Kier molecular flexibility index (Phi) is 5.20. The van der Waals surface area contributed by atoms with Crippen molar-refractivity contribution < 1.29 is 19.0 Å². The highest BCUT2D eigenvalue weighted by Crippen LogP contribution is 2.37. The number of hydrogen-bond donors (Lipinski definition) is 3. The highest BCUT2D eigenvalue weighted by atomic mass is 35.5. The van der Waals surface area contributed by atoms with Crippen molar-refractivity contribution in [3.8, 4) is 5.75 Å². The van der Waals surface area contributed by atoms with E-state index in [4.69, 9.17) is 26.8 Å². The molecule has 166 valence electrons. The van der Waals surface area contributed by atoms with E-state index in [0.717, 1.165) is 16.7 Å². The highest BCUT2D eigenvalue weighted by Gasteiger charge is 2.46. The normalized spacial score (nSPS) is 23.1. The first kappa shape index (κ1) is 20.7. The summed E-state index contributed by atoms with van der Waals surface area (Å²) in [6.45, 7) is -0.0562. The third kappa shape index (κ3) is 3.46. The van der Waals surface area contributed by atoms with Crippen LogP contribution in [0.2, 0.25) is 5.02 Å². The van der Waals surface area contributed by atoms with Gasteiger partial charge in [-0.15, -0.1) is 0 Å². The number of halogens is 2. The van der Waals surface area contributed by atoms with E-state index in [1.165, 1.54) is 17.1 Å². The van der Waals surface area contributed by atoms with E-state index in [-0.39, 0.29) is 17.4 Å². The average molecular weight is 459 g/mol. The van der Waals surface area contributed by atoms with Crippen LogP contribution in [0.25, 0.3) is 21.9 Å². The number of rotatable bonds is 5. The Balaban J connectivity index is 1.35. The lowest BCUT2D eigenvalue weighted by Crippen LogP contribution is -2.32. The number of aromatic nitrogens is 4. The summed E-state index contributed by atoms with van der Waals surface area (Å²) in [4.78, 5) is 12.5. The van der Waals surface area contributed by atoms with Crippen molar-refractivity contribution >= 4 is 45.2 Å². The molecule has 5 rings (SSSR count). The Morgan fingerprint density at radius 2 is 2.12 bits per heavy atom. The van der Waals surface area contributed by atoms with Crippen molar-refractivity contribution in [1.29, 1.82) is 0 Å². The molecule has 1 aliphatic rings. The molecular weight excluding hydrogens is 439 g/mol. The molecule has 1 aliphatic heterocycles. The van der Waals surface area contributed by atoms with Crippen LogP contribution in [0.3, 0.4) is 0 Å². The molecule has 0 unspecified atom stereocenters. The highest BCUT2D eigenvalue weighted by molar-refractivity contribution is 6.36. The summed E-state index contributed by atoms with van der Waals surface area (Å²) in [6, 6.07) is 9.27. The van der Waals surface area contributed by atoms with Crippen molar-refractivity contribution in [1.82, 2.24) is 19.5 Å². The largest absolute Gasteiger partial charge is 0.491 e. The van der Waals surface area contributed by atoms with Crippen LogP contribution in [-0.4, -0.2) is 56.7 Å². The fraction of sp³-hybridized carbons (Fsp3) is 0.286. The molecule has 4 heterocycles. The number of fused-ring (bicyclic) bond motifs is 2. The van der Waals surface area contributed by atoms with Crippen LogP contribution in [0.15, 0.2) is 42.9 Å². The molecule has 0 bridgehead atoms. The van der Waals surface area contributed by atoms with E-state index in [9.17, 15) is 9.50 Å². The lowest BCUT2D eigenvalue weighted by Gasteiger charge is -2.16. The molecule has 0 amide bonds. The Bertz CT molecular complexity index is 1300. The zero-order valence-corrected chi connectivity index (χ0v) is 17.7. The number of ether oxygens (including phenoxy) is 2. The molecular formula is C21H20ClFN6O3. The summed E-state index contributed by atoms with van der Waals surface area (Å²) >= 11 is 6.24. The molecule has 1 saturated heterocycles. The first-order valence-corrected chi connectivity index (χ1v) is 10.3. The van der Waals surface area contributed by atoms with Gasteiger partial charge in [0.25, 0.3) is 0 Å². The maximum absolute atomic E-state index is 15.0. The van der Waals surface area contributed by atoms with Gasteiger partial charge in [-0.05, 0) is 24.3 Å². The van der Waals surface area contributed by atoms with E-state index >= 15 is 0 Å². The summed E-state index contributed by atoms with van der Waals surface area (Å²) in [5, 5.41) is 15.1. The molecule has 9 nitrogen and oxygen atoms in total. The number of nitrogens with two attached hydrogens (primary N) is 1. The van der Waals surface area contributed by atoms with Gasteiger partial charge in [-0.3, -0.25) is 0 Å². The third-order valence-corrected chi connectivity index (χ3v) is 5.78. The van der Waals surface area contributed by atoms with Gasteiger partial charge in [0, 0.05) is 24.7 Å². The lowest BCUT2D eigenvalue weighted by atomic mass is 10.1. The van der Waals surface area contributed by atoms with Crippen LogP contribution in [0.1, 0.15) is 6.23 Å². The summed E-state index contributed by atoms with van der Waals surface area (Å²) < 4.78 is 28.0. The van der Waals surface area contributed by atoms with Gasteiger partial charge in [0.1, 0.15) is 48.2 Å². The number of anilines is 2. The number of aliphatic hydroxyl groups excluding tert-OH is 1. The smallest absolute Gasteiger partial charge is 0.173 e. The minimum absolute atomic E-state index is 0.0562. The number of nitrogens with one attached hydrogen (secondary N) is 1. The van der Waals surface area contributed by atoms with Crippen molar-refractivity contribution in [2.75, 3.05) is 24.7 Å². The van der Waals surface area contributed by atoms with Crippen LogP contribution in [0.4, 0.5) is 16.0 Å². The zero-order valence-electron chi connectivity index (χ0n) is 16.9. The fourth-order valence-corrected chi connectivity index (χ4v) is 4.11. The standard InChI is InChI=1S/C21H20ClFN6O3/c1-25-15-5-3-10-2-4-11(6-13(10)28-15)31-8-14-18(30)17(23)21(32-14)29-7-12(22)16-19(24)26-9-27-20(16)29/h2-7,9,14,17-18,21,30H,8H2,1H3,(H,25,28)(H2,24,26,27)/t14-,17+,18-,21-/m1/s1. The third-order valence-electron chi connectivity index (χ3n) is 5.49. The van der Waals surface area contributed by atoms with Gasteiger partial charge in [-0.25, -0.2) is 19.3 Å². The van der Waals surface area contributed by atoms with Crippen LogP contribution >= 0.6 is 11.6 Å². The molecule has 1 fully saturated rings. The molecule has 1 aromatic carbocycles. The number of hydrogen-bond acceptors (Lipinski definition) is 8. The second-order valence-corrected chi connectivity index (χ2v) is 7.86. The number of nitrogen functional groups attached to an aromatic ring is 1. The second-order valence-electron chi connectivity index (χ2n) is 7.45. The minimum Gasteiger partial charge on any atom is -0.491 e. The van der Waals surface area contributed by atoms with E-state index in [2.05, 4.69) is 20.3 Å². The Morgan fingerprint density at radius 3 is 2.94 bits per heavy atom. The van der Waals surface area contributed by atoms with Crippen LogP contribution in [-0.2, 0) is 4.74 Å². The summed E-state index contributed by atoms with van der Waals surface area (Å²) in [6.07, 6.45) is -2.43. The molecule has 0 aliphatic carbocycles. The van der Waals surface area contributed by atoms with E-state index in [0.29, 0.717) is 16.8 Å². The maximum atomic E-state index is 15.0. The molecule has 4 aromatic rings. The molecule has 0 spiro atoms. The summed E-state index contributed by atoms with van der Waals surface area (Å²) in [5.41, 5.74) is 6.93. The van der Waals surface area contributed by atoms with E-state index in [1.807, 2.05) is 18.2 Å². The van der Waals surface area contributed by atoms with Crippen molar-refractivity contribution in [3.05, 3.63) is 47.9 Å². The van der Waals surface area contributed by atoms with Gasteiger partial charge in [0.05, 0.1) is 15.9 Å². The maximum Gasteiger partial charge on any atom is 0.173 e. The Labute approximate surface area is 186 Å². The van der Waals surface area contributed by atoms with Crippen LogP contribution in [0, 0.1) is 0 Å². The minimum atomic E-state index is -1.72. The first-order chi connectivity index (χ1) is 15.5. The van der Waals surface area contributed by atoms with Crippen molar-refractivity contribution in [2.24, 2.45) is 0 Å². The summed E-state index contributed by atoms with van der Waals surface area (Å²) in [7, 11) is 1.79. The Hall–Kier alpha value is -3.21. The van der Waals surface area contributed by atoms with Crippen molar-refractivity contribution in [3.63, 3.8) is 0 Å². The number of benzene rings is 1. The molecule has 11 heteroatoms. The Morgan fingerprint density at radius 1 is 1.31 bits per heavy atom. The van der Waals surface area contributed by atoms with Gasteiger partial charge in [0.2, 0.25) is 0 Å². The van der Waals surface area contributed by atoms with E-state index < -0.39 is 24.6 Å². The molecule has 0 radical (unpaired) electrons. The number of alkyl halides is 1. The van der Waals surface area contributed by atoms with Crippen LogP contribution < -0.4 is 15.8 Å². The van der Waals surface area contributed by atoms with Gasteiger partial charge in [-0.2, -0.15) is 0 Å². The number of aliphatic hydroxyl groups is 1. The fourth-order valence-electron chi connectivity index (χ4n) is 3.83. The SMILES string of the molecule is CNc1ccc2ccc(OC[C@H]3O[C@@H](n4cc(Cl)c5c(N)ncnc54)[C@@H](F)[C@@H]3O)cc2n1. The lowest BCUT2D eigenvalue weighted by molar-refractivity contribution is -0.0410. The summed E-state index contributed by atoms with van der Waals surface area (Å²) in [5.74, 6) is 1.44. The van der Waals surface area contributed by atoms with Crippen LogP contribution in [0.5, 0.6) is 5.75 Å². The zero-order chi connectivity index (χ0) is 22.4. The first-order valence-electron chi connectivity index (χ1n) is 9.91. The van der Waals surface area contributed by atoms with Crippen molar-refractivity contribution in [2.45, 2.75) is 24.6 Å². The quantitative estimate of drug-likeness (QED) is 0.417. The average Bonchev–Trinajstić information content (AvgIpc) is 3.28. The molecule has 4 N–H and O–H groups in total. The predicted molar refractivity (Wildman–Crippen MR) is 119 cm³/mol. The molecule has 3 aromatic heterocycles. The van der Waals surface area contributed by atoms with E-state index in [1.54, 1.807) is 19.2 Å².